The highest BCUT2D eigenvalue weighted by Crippen LogP contribution is 2.37. The zero-order valence-corrected chi connectivity index (χ0v) is 14.1. The van der Waals surface area contributed by atoms with E-state index < -0.39 is 21.7 Å². The van der Waals surface area contributed by atoms with Crippen LogP contribution in [0, 0.1) is 6.92 Å². The first-order chi connectivity index (χ1) is 10.7. The maximum Gasteiger partial charge on any atom is 0.429 e. The van der Waals surface area contributed by atoms with Crippen LogP contribution in [0.25, 0.3) is 0 Å². The number of hydrogen-bond donors (Lipinski definition) is 0. The van der Waals surface area contributed by atoms with E-state index in [4.69, 9.17) is 4.74 Å². The Balaban J connectivity index is 2.49. The van der Waals surface area contributed by atoms with Gasteiger partial charge in [0.25, 0.3) is 10.0 Å². The molecule has 2 rings (SSSR count). The van der Waals surface area contributed by atoms with Crippen molar-refractivity contribution in [2.24, 2.45) is 0 Å². The molecule has 1 aliphatic heterocycles. The molecule has 1 aromatic rings. The molecule has 0 N–H and O–H groups in total. The standard InChI is InChI=1S/C16H19NO5S/c1-12-7-9-13(10-8-12)23(20,21)17-14(6-4-5-11-18)16(2,3)22-15(17)19/h6-11H,4-5H2,1-3H3/b14-6+. The number of carbonyl (C=O) groups is 2. The van der Waals surface area contributed by atoms with Crippen LogP contribution in [0.3, 0.4) is 0 Å². The van der Waals surface area contributed by atoms with Crippen molar-refractivity contribution in [3.8, 4) is 0 Å². The predicted octanol–water partition coefficient (Wildman–Crippen LogP) is 2.78. The first kappa shape index (κ1) is 17.2. The van der Waals surface area contributed by atoms with Gasteiger partial charge in [-0.3, -0.25) is 0 Å². The minimum absolute atomic E-state index is 0.0130. The van der Waals surface area contributed by atoms with Crippen LogP contribution in [-0.2, 0) is 19.6 Å². The first-order valence-corrected chi connectivity index (χ1v) is 8.63. The second-order valence-corrected chi connectivity index (χ2v) is 7.58. The number of benzene rings is 1. The third-order valence-electron chi connectivity index (χ3n) is 3.53. The maximum absolute atomic E-state index is 12.8. The second-order valence-electron chi connectivity index (χ2n) is 5.79. The molecule has 1 saturated heterocycles. The highest BCUT2D eigenvalue weighted by atomic mass is 32.2. The van der Waals surface area contributed by atoms with Gasteiger partial charge in [-0.15, -0.1) is 0 Å². The van der Waals surface area contributed by atoms with Gasteiger partial charge in [-0.05, 0) is 39.3 Å². The number of amides is 1. The number of hydrogen-bond acceptors (Lipinski definition) is 5. The van der Waals surface area contributed by atoms with E-state index in [1.54, 1.807) is 32.1 Å². The molecule has 1 amide bonds. The van der Waals surface area contributed by atoms with Gasteiger partial charge in [0.05, 0.1) is 10.6 Å². The molecule has 124 valence electrons. The third kappa shape index (κ3) is 3.29. The molecule has 1 heterocycles. The number of sulfonamides is 1. The van der Waals surface area contributed by atoms with Crippen molar-refractivity contribution >= 4 is 22.4 Å². The fraction of sp³-hybridized carbons (Fsp3) is 0.375. The molecule has 0 spiro atoms. The summed E-state index contributed by atoms with van der Waals surface area (Å²) in [5.74, 6) is 0. The number of cyclic esters (lactones) is 1. The quantitative estimate of drug-likeness (QED) is 0.609. The number of aryl methyl sites for hydroxylation is 1. The molecule has 0 radical (unpaired) electrons. The lowest BCUT2D eigenvalue weighted by Crippen LogP contribution is -2.32. The van der Waals surface area contributed by atoms with Gasteiger partial charge in [0.2, 0.25) is 0 Å². The Morgan fingerprint density at radius 2 is 1.78 bits per heavy atom. The molecule has 0 aliphatic carbocycles. The molecule has 0 aromatic heterocycles. The van der Waals surface area contributed by atoms with Gasteiger partial charge in [0.15, 0.2) is 0 Å². The van der Waals surface area contributed by atoms with Crippen molar-refractivity contribution in [3.05, 3.63) is 41.6 Å². The number of nitrogens with zero attached hydrogens (tertiary/aromatic N) is 1. The summed E-state index contributed by atoms with van der Waals surface area (Å²) < 4.78 is 31.5. The van der Waals surface area contributed by atoms with E-state index in [0.29, 0.717) is 10.7 Å². The van der Waals surface area contributed by atoms with Gasteiger partial charge < -0.3 is 9.53 Å². The molecular formula is C16H19NO5S. The fourth-order valence-corrected chi connectivity index (χ4v) is 3.79. The SMILES string of the molecule is Cc1ccc(S(=O)(=O)N2C(=O)OC(C)(C)/C2=C\CCC=O)cc1. The van der Waals surface area contributed by atoms with Crippen molar-refractivity contribution in [3.63, 3.8) is 0 Å². The first-order valence-electron chi connectivity index (χ1n) is 7.19. The molecule has 6 nitrogen and oxygen atoms in total. The Hall–Kier alpha value is -2.15. The molecule has 23 heavy (non-hydrogen) atoms. The summed E-state index contributed by atoms with van der Waals surface area (Å²) in [5, 5.41) is 0. The predicted molar refractivity (Wildman–Crippen MR) is 84.1 cm³/mol. The van der Waals surface area contributed by atoms with Crippen molar-refractivity contribution in [1.29, 1.82) is 0 Å². The van der Waals surface area contributed by atoms with Crippen LogP contribution in [0.2, 0.25) is 0 Å². The van der Waals surface area contributed by atoms with E-state index in [9.17, 15) is 18.0 Å². The van der Waals surface area contributed by atoms with E-state index in [1.807, 2.05) is 6.92 Å². The summed E-state index contributed by atoms with van der Waals surface area (Å²) in [7, 11) is -4.06. The minimum Gasteiger partial charge on any atom is -0.436 e. The smallest absolute Gasteiger partial charge is 0.429 e. The lowest BCUT2D eigenvalue weighted by Gasteiger charge is -2.20. The number of ether oxygens (including phenoxy) is 1. The van der Waals surface area contributed by atoms with Crippen LogP contribution in [0.4, 0.5) is 4.79 Å². The zero-order valence-electron chi connectivity index (χ0n) is 13.3. The summed E-state index contributed by atoms with van der Waals surface area (Å²) >= 11 is 0. The summed E-state index contributed by atoms with van der Waals surface area (Å²) in [4.78, 5) is 22.6. The van der Waals surface area contributed by atoms with Gasteiger partial charge in [-0.25, -0.2) is 13.2 Å². The average Bonchev–Trinajstić information content (AvgIpc) is 2.69. The number of unbranched alkanes of at least 4 members (excludes halogenated alkanes) is 1. The van der Waals surface area contributed by atoms with Gasteiger partial charge in [-0.2, -0.15) is 4.31 Å². The molecular weight excluding hydrogens is 318 g/mol. The number of allylic oxidation sites excluding steroid dienone is 1. The fourth-order valence-electron chi connectivity index (χ4n) is 2.31. The van der Waals surface area contributed by atoms with Gasteiger partial charge in [-0.1, -0.05) is 23.8 Å². The Bertz CT molecular complexity index is 747. The molecule has 0 unspecified atom stereocenters. The zero-order chi connectivity index (χ0) is 17.3. The average molecular weight is 337 g/mol. The monoisotopic (exact) mass is 337 g/mol. The van der Waals surface area contributed by atoms with E-state index in [1.165, 1.54) is 12.1 Å². The van der Waals surface area contributed by atoms with Crippen LogP contribution >= 0.6 is 0 Å². The van der Waals surface area contributed by atoms with Crippen LogP contribution in [-0.4, -0.2) is 30.7 Å². The highest BCUT2D eigenvalue weighted by Gasteiger charge is 2.49. The van der Waals surface area contributed by atoms with Crippen molar-refractivity contribution in [2.75, 3.05) is 0 Å². The van der Waals surface area contributed by atoms with E-state index in [-0.39, 0.29) is 17.0 Å². The largest absolute Gasteiger partial charge is 0.436 e. The molecule has 1 aromatic carbocycles. The summed E-state index contributed by atoms with van der Waals surface area (Å²) in [6.45, 7) is 5.07. The molecule has 0 saturated carbocycles. The number of rotatable bonds is 5. The van der Waals surface area contributed by atoms with Crippen LogP contribution in [0.5, 0.6) is 0 Å². The summed E-state index contributed by atoms with van der Waals surface area (Å²) in [6.07, 6.45) is 1.93. The number of aldehydes is 1. The van der Waals surface area contributed by atoms with Gasteiger partial charge in [0.1, 0.15) is 11.9 Å². The highest BCUT2D eigenvalue weighted by molar-refractivity contribution is 7.89. The lowest BCUT2D eigenvalue weighted by molar-refractivity contribution is -0.107. The molecule has 0 bridgehead atoms. The van der Waals surface area contributed by atoms with Gasteiger partial charge >= 0.3 is 6.09 Å². The Labute approximate surface area is 135 Å². The maximum atomic E-state index is 12.8. The summed E-state index contributed by atoms with van der Waals surface area (Å²) in [5.41, 5.74) is 0.0672. The van der Waals surface area contributed by atoms with Crippen LogP contribution in [0.1, 0.15) is 32.3 Å². The topological polar surface area (TPSA) is 80.8 Å². The molecule has 1 aliphatic rings. The van der Waals surface area contributed by atoms with E-state index in [0.717, 1.165) is 11.8 Å². The van der Waals surface area contributed by atoms with E-state index >= 15 is 0 Å². The van der Waals surface area contributed by atoms with E-state index in [2.05, 4.69) is 0 Å². The molecule has 0 atom stereocenters. The summed E-state index contributed by atoms with van der Waals surface area (Å²) in [6, 6.07) is 6.23. The van der Waals surface area contributed by atoms with Crippen LogP contribution < -0.4 is 0 Å². The third-order valence-corrected chi connectivity index (χ3v) is 5.22. The number of carbonyl (C=O) groups excluding carboxylic acids is 2. The van der Waals surface area contributed by atoms with Crippen molar-refractivity contribution in [2.45, 2.75) is 44.1 Å². The molecule has 7 heteroatoms. The van der Waals surface area contributed by atoms with Crippen molar-refractivity contribution < 1.29 is 22.7 Å². The van der Waals surface area contributed by atoms with Crippen LogP contribution in [0.15, 0.2) is 40.9 Å². The van der Waals surface area contributed by atoms with Crippen molar-refractivity contribution in [1.82, 2.24) is 4.31 Å². The Morgan fingerprint density at radius 3 is 2.35 bits per heavy atom. The van der Waals surface area contributed by atoms with Gasteiger partial charge in [0, 0.05) is 6.42 Å². The minimum atomic E-state index is -4.06. The Kier molecular flexibility index (Phi) is 4.61. The lowest BCUT2D eigenvalue weighted by atomic mass is 10.0. The Morgan fingerprint density at radius 1 is 1.17 bits per heavy atom. The molecule has 1 fully saturated rings. The normalized spacial score (nSPS) is 19.0. The second kappa shape index (κ2) is 6.16.